The van der Waals surface area contributed by atoms with Crippen LogP contribution in [-0.4, -0.2) is 17.0 Å². The van der Waals surface area contributed by atoms with Crippen LogP contribution in [0.1, 0.15) is 27.9 Å². The van der Waals surface area contributed by atoms with Crippen LogP contribution in [0.2, 0.25) is 0 Å². The Morgan fingerprint density at radius 1 is 1.00 bits per heavy atom. The van der Waals surface area contributed by atoms with E-state index >= 15 is 0 Å². The van der Waals surface area contributed by atoms with E-state index in [0.717, 1.165) is 28.7 Å². The van der Waals surface area contributed by atoms with E-state index in [1.54, 1.807) is 0 Å². The lowest BCUT2D eigenvalue weighted by molar-refractivity contribution is 1.07. The van der Waals surface area contributed by atoms with E-state index in [1.165, 1.54) is 27.9 Å². The van der Waals surface area contributed by atoms with Crippen LogP contribution in [0.3, 0.4) is 0 Å². The Balaban J connectivity index is 2.18. The topological polar surface area (TPSA) is 37.8 Å². The maximum absolute atomic E-state index is 4.79. The first-order chi connectivity index (χ1) is 9.60. The van der Waals surface area contributed by atoms with Crippen molar-refractivity contribution >= 4 is 17.6 Å². The van der Waals surface area contributed by atoms with Gasteiger partial charge in [-0.25, -0.2) is 9.97 Å². The van der Waals surface area contributed by atoms with E-state index < -0.39 is 0 Å². The molecular formula is C16H19N3S. The van der Waals surface area contributed by atoms with Crippen LogP contribution >= 0.6 is 11.8 Å². The minimum Gasteiger partial charge on any atom is -0.373 e. The fourth-order valence-corrected chi connectivity index (χ4v) is 3.62. The summed E-state index contributed by atoms with van der Waals surface area (Å²) in [4.78, 5) is 9.52. The van der Waals surface area contributed by atoms with Crippen LogP contribution < -0.4 is 5.32 Å². The summed E-state index contributed by atoms with van der Waals surface area (Å²) in [5.74, 6) is 3.82. The molecule has 0 fully saturated rings. The second kappa shape index (κ2) is 5.09. The molecule has 1 N–H and O–H groups in total. The predicted octanol–water partition coefficient (Wildman–Crippen LogP) is 3.86. The molecule has 0 saturated carbocycles. The van der Waals surface area contributed by atoms with Gasteiger partial charge >= 0.3 is 0 Å². The minimum absolute atomic E-state index is 0.844. The first-order valence-corrected chi connectivity index (χ1v) is 7.99. The molecule has 3 rings (SSSR count). The van der Waals surface area contributed by atoms with E-state index in [4.69, 9.17) is 9.97 Å². The molecule has 1 aliphatic heterocycles. The molecule has 1 aliphatic rings. The molecule has 0 atom stereocenters. The van der Waals surface area contributed by atoms with Crippen LogP contribution in [0.4, 0.5) is 5.82 Å². The lowest BCUT2D eigenvalue weighted by Gasteiger charge is -2.12. The lowest BCUT2D eigenvalue weighted by Crippen LogP contribution is -2.04. The Labute approximate surface area is 124 Å². The fraction of sp³-hybridized carbons (Fsp3) is 0.375. The van der Waals surface area contributed by atoms with Crippen molar-refractivity contribution in [3.63, 3.8) is 0 Å². The van der Waals surface area contributed by atoms with Crippen molar-refractivity contribution in [1.29, 1.82) is 0 Å². The number of anilines is 1. The van der Waals surface area contributed by atoms with Gasteiger partial charge in [0.05, 0.1) is 5.69 Å². The molecule has 0 aliphatic carbocycles. The summed E-state index contributed by atoms with van der Waals surface area (Å²) in [7, 11) is 1.93. The van der Waals surface area contributed by atoms with E-state index in [-0.39, 0.29) is 0 Å². The van der Waals surface area contributed by atoms with Crippen LogP contribution in [-0.2, 0) is 11.5 Å². The molecule has 2 heterocycles. The van der Waals surface area contributed by atoms with E-state index in [9.17, 15) is 0 Å². The van der Waals surface area contributed by atoms with Gasteiger partial charge in [0, 0.05) is 29.7 Å². The zero-order valence-corrected chi connectivity index (χ0v) is 13.2. The number of thioether (sulfide) groups is 1. The zero-order valence-electron chi connectivity index (χ0n) is 12.4. The van der Waals surface area contributed by atoms with Crippen molar-refractivity contribution in [3.05, 3.63) is 40.1 Å². The summed E-state index contributed by atoms with van der Waals surface area (Å²) in [6.45, 7) is 6.41. The molecule has 2 aromatic rings. The summed E-state index contributed by atoms with van der Waals surface area (Å²) < 4.78 is 0. The highest BCUT2D eigenvalue weighted by atomic mass is 32.2. The lowest BCUT2D eigenvalue weighted by atomic mass is 10.00. The van der Waals surface area contributed by atoms with Gasteiger partial charge in [-0.15, -0.1) is 0 Å². The summed E-state index contributed by atoms with van der Waals surface area (Å²) >= 11 is 1.90. The molecule has 1 aromatic carbocycles. The van der Waals surface area contributed by atoms with Gasteiger partial charge in [-0.3, -0.25) is 0 Å². The van der Waals surface area contributed by atoms with Gasteiger partial charge in [-0.1, -0.05) is 6.07 Å². The third-order valence-corrected chi connectivity index (χ3v) is 4.87. The zero-order chi connectivity index (χ0) is 14.3. The number of rotatable bonds is 2. The standard InChI is InChI=1S/C16H19N3S/c1-9-5-11(3)12(6-10(9)2)16-18-14-8-20-7-13(14)15(17-4)19-16/h5-6H,7-8H2,1-4H3,(H,17,18,19). The molecule has 4 heteroatoms. The number of aromatic nitrogens is 2. The minimum atomic E-state index is 0.844. The number of nitrogens with zero attached hydrogens (tertiary/aromatic N) is 2. The molecular weight excluding hydrogens is 266 g/mol. The van der Waals surface area contributed by atoms with Crippen LogP contribution in [0.5, 0.6) is 0 Å². The van der Waals surface area contributed by atoms with E-state index in [1.807, 2.05) is 18.8 Å². The first kappa shape index (κ1) is 13.4. The van der Waals surface area contributed by atoms with Gasteiger partial charge in [0.25, 0.3) is 0 Å². The summed E-state index contributed by atoms with van der Waals surface area (Å²) in [6, 6.07) is 4.42. The Hall–Kier alpha value is -1.55. The van der Waals surface area contributed by atoms with Crippen molar-refractivity contribution in [1.82, 2.24) is 9.97 Å². The molecule has 104 valence electrons. The van der Waals surface area contributed by atoms with Crippen LogP contribution in [0.25, 0.3) is 11.4 Å². The van der Waals surface area contributed by atoms with E-state index in [2.05, 4.69) is 38.2 Å². The Kier molecular flexibility index (Phi) is 3.42. The summed E-state index contributed by atoms with van der Waals surface area (Å²) in [5.41, 5.74) is 7.43. The molecule has 3 nitrogen and oxygen atoms in total. The predicted molar refractivity (Wildman–Crippen MR) is 86.2 cm³/mol. The van der Waals surface area contributed by atoms with Gasteiger partial charge < -0.3 is 5.32 Å². The van der Waals surface area contributed by atoms with Gasteiger partial charge in [-0.2, -0.15) is 11.8 Å². The average molecular weight is 285 g/mol. The van der Waals surface area contributed by atoms with Gasteiger partial charge in [0.1, 0.15) is 5.82 Å². The van der Waals surface area contributed by atoms with Crippen molar-refractivity contribution in [2.24, 2.45) is 0 Å². The molecule has 1 aromatic heterocycles. The molecule has 20 heavy (non-hydrogen) atoms. The maximum Gasteiger partial charge on any atom is 0.162 e. The van der Waals surface area contributed by atoms with Crippen molar-refractivity contribution in [3.8, 4) is 11.4 Å². The van der Waals surface area contributed by atoms with Crippen LogP contribution in [0, 0.1) is 20.8 Å². The summed E-state index contributed by atoms with van der Waals surface area (Å²) in [6.07, 6.45) is 0. The van der Waals surface area contributed by atoms with Gasteiger partial charge in [0.2, 0.25) is 0 Å². The smallest absolute Gasteiger partial charge is 0.162 e. The van der Waals surface area contributed by atoms with E-state index in [0.29, 0.717) is 0 Å². The highest BCUT2D eigenvalue weighted by molar-refractivity contribution is 7.98. The third-order valence-electron chi connectivity index (χ3n) is 3.90. The highest BCUT2D eigenvalue weighted by Crippen LogP contribution is 2.35. The van der Waals surface area contributed by atoms with Crippen molar-refractivity contribution < 1.29 is 0 Å². The molecule has 0 spiro atoms. The third kappa shape index (κ3) is 2.18. The van der Waals surface area contributed by atoms with Crippen molar-refractivity contribution in [2.75, 3.05) is 12.4 Å². The second-order valence-electron chi connectivity index (χ2n) is 5.32. The summed E-state index contributed by atoms with van der Waals surface area (Å²) in [5, 5.41) is 3.22. The monoisotopic (exact) mass is 285 g/mol. The van der Waals surface area contributed by atoms with Gasteiger partial charge in [-0.05, 0) is 43.5 Å². The van der Waals surface area contributed by atoms with Crippen molar-refractivity contribution in [2.45, 2.75) is 32.3 Å². The molecule has 0 radical (unpaired) electrons. The second-order valence-corrected chi connectivity index (χ2v) is 6.30. The number of aryl methyl sites for hydroxylation is 3. The number of hydrogen-bond acceptors (Lipinski definition) is 4. The normalized spacial score (nSPS) is 13.4. The first-order valence-electron chi connectivity index (χ1n) is 6.83. The Morgan fingerprint density at radius 2 is 1.75 bits per heavy atom. The molecule has 0 amide bonds. The molecule has 0 saturated heterocycles. The number of hydrogen-bond donors (Lipinski definition) is 1. The number of fused-ring (bicyclic) bond motifs is 1. The quantitative estimate of drug-likeness (QED) is 0.909. The van der Waals surface area contributed by atoms with Gasteiger partial charge in [0.15, 0.2) is 5.82 Å². The fourth-order valence-electron chi connectivity index (χ4n) is 2.58. The average Bonchev–Trinajstić information content (AvgIpc) is 2.90. The Morgan fingerprint density at radius 3 is 2.50 bits per heavy atom. The number of nitrogens with one attached hydrogen (secondary N) is 1. The highest BCUT2D eigenvalue weighted by Gasteiger charge is 2.20. The molecule has 0 bridgehead atoms. The Bertz CT molecular complexity index is 680. The largest absolute Gasteiger partial charge is 0.373 e. The van der Waals surface area contributed by atoms with Crippen LogP contribution in [0.15, 0.2) is 12.1 Å². The number of benzene rings is 1. The maximum atomic E-state index is 4.79. The SMILES string of the molecule is CNc1nc(-c2cc(C)c(C)cc2C)nc2c1CSC2. The molecule has 0 unspecified atom stereocenters.